The minimum Gasteiger partial charge on any atom is -0.480 e. The van der Waals surface area contributed by atoms with Crippen molar-refractivity contribution < 1.29 is 23.5 Å². The van der Waals surface area contributed by atoms with Crippen LogP contribution < -0.4 is 5.32 Å². The van der Waals surface area contributed by atoms with Crippen LogP contribution in [0.15, 0.2) is 12.2 Å². The molecule has 0 spiro atoms. The highest BCUT2D eigenvalue weighted by molar-refractivity contribution is 5.85. The Bertz CT molecular complexity index is 384. The van der Waals surface area contributed by atoms with Crippen molar-refractivity contribution in [2.75, 3.05) is 0 Å². The maximum Gasteiger partial charge on any atom is 0.326 e. The van der Waals surface area contributed by atoms with Crippen LogP contribution in [0.25, 0.3) is 0 Å². The zero-order valence-electron chi connectivity index (χ0n) is 9.68. The van der Waals surface area contributed by atoms with Gasteiger partial charge in [-0.2, -0.15) is 0 Å². The number of halogens is 2. The van der Waals surface area contributed by atoms with Gasteiger partial charge < -0.3 is 10.4 Å². The normalized spacial score (nSPS) is 30.7. The van der Waals surface area contributed by atoms with E-state index < -0.39 is 30.8 Å². The highest BCUT2D eigenvalue weighted by Crippen LogP contribution is 2.43. The zero-order valence-corrected chi connectivity index (χ0v) is 9.68. The van der Waals surface area contributed by atoms with Gasteiger partial charge in [0.25, 0.3) is 0 Å². The minimum atomic E-state index is -2.74. The standard InChI is InChI=1S/C12H15F2NO3/c13-10(14)5-9(12(17)18)15-11(16)8-4-6-1-2-7(8)3-6/h1-2,6-10H,3-5H2,(H,15,16)(H,17,18). The Kier molecular flexibility index (Phi) is 3.63. The molecule has 0 aromatic heterocycles. The van der Waals surface area contributed by atoms with Crippen LogP contribution in [0.5, 0.6) is 0 Å². The third-order valence-electron chi connectivity index (χ3n) is 3.64. The van der Waals surface area contributed by atoms with Crippen LogP contribution in [-0.4, -0.2) is 29.5 Å². The summed E-state index contributed by atoms with van der Waals surface area (Å²) in [5.41, 5.74) is 0. The van der Waals surface area contributed by atoms with Crippen molar-refractivity contribution in [2.45, 2.75) is 31.7 Å². The quantitative estimate of drug-likeness (QED) is 0.734. The van der Waals surface area contributed by atoms with Crippen molar-refractivity contribution in [2.24, 2.45) is 17.8 Å². The van der Waals surface area contributed by atoms with E-state index in [2.05, 4.69) is 11.4 Å². The lowest BCUT2D eigenvalue weighted by atomic mass is 9.92. The van der Waals surface area contributed by atoms with Gasteiger partial charge in [0.15, 0.2) is 0 Å². The number of aliphatic carboxylic acids is 1. The van der Waals surface area contributed by atoms with Crippen molar-refractivity contribution in [3.8, 4) is 0 Å². The number of carbonyl (C=O) groups is 2. The number of allylic oxidation sites excluding steroid dienone is 2. The van der Waals surface area contributed by atoms with Gasteiger partial charge in [0, 0.05) is 12.3 Å². The first-order valence-electron chi connectivity index (χ1n) is 5.97. The molecule has 2 aliphatic rings. The number of hydrogen-bond donors (Lipinski definition) is 2. The number of carboxylic acids is 1. The number of nitrogens with one attached hydrogen (secondary N) is 1. The van der Waals surface area contributed by atoms with E-state index in [4.69, 9.17) is 5.11 Å². The van der Waals surface area contributed by atoms with Gasteiger partial charge in [-0.1, -0.05) is 12.2 Å². The van der Waals surface area contributed by atoms with Gasteiger partial charge in [0.2, 0.25) is 12.3 Å². The Morgan fingerprint density at radius 1 is 1.33 bits per heavy atom. The molecule has 0 aromatic rings. The Balaban J connectivity index is 1.93. The molecule has 1 fully saturated rings. The van der Waals surface area contributed by atoms with Crippen LogP contribution in [0.1, 0.15) is 19.3 Å². The fourth-order valence-corrected chi connectivity index (χ4v) is 2.76. The van der Waals surface area contributed by atoms with Gasteiger partial charge in [-0.05, 0) is 24.7 Å². The molecule has 100 valence electrons. The molecule has 4 unspecified atom stereocenters. The molecule has 0 aromatic carbocycles. The van der Waals surface area contributed by atoms with Crippen LogP contribution in [-0.2, 0) is 9.59 Å². The van der Waals surface area contributed by atoms with Crippen LogP contribution in [0, 0.1) is 17.8 Å². The predicted octanol–water partition coefficient (Wildman–Crippen LogP) is 1.42. The molecule has 1 amide bonds. The number of carboxylic acid groups (broad SMARTS) is 1. The molecule has 4 nitrogen and oxygen atoms in total. The van der Waals surface area contributed by atoms with Crippen molar-refractivity contribution in [3.63, 3.8) is 0 Å². The largest absolute Gasteiger partial charge is 0.480 e. The van der Waals surface area contributed by atoms with E-state index in [1.165, 1.54) is 0 Å². The number of hydrogen-bond acceptors (Lipinski definition) is 2. The third-order valence-corrected chi connectivity index (χ3v) is 3.64. The van der Waals surface area contributed by atoms with Crippen LogP contribution >= 0.6 is 0 Å². The van der Waals surface area contributed by atoms with Crippen molar-refractivity contribution >= 4 is 11.9 Å². The number of amides is 1. The second kappa shape index (κ2) is 5.04. The minimum absolute atomic E-state index is 0.135. The van der Waals surface area contributed by atoms with E-state index >= 15 is 0 Å². The van der Waals surface area contributed by atoms with Gasteiger partial charge in [-0.25, -0.2) is 13.6 Å². The fraction of sp³-hybridized carbons (Fsp3) is 0.667. The molecular weight excluding hydrogens is 244 g/mol. The topological polar surface area (TPSA) is 66.4 Å². The van der Waals surface area contributed by atoms with Crippen molar-refractivity contribution in [1.82, 2.24) is 5.32 Å². The highest BCUT2D eigenvalue weighted by atomic mass is 19.3. The Morgan fingerprint density at radius 3 is 2.50 bits per heavy atom. The van der Waals surface area contributed by atoms with Crippen molar-refractivity contribution in [3.05, 3.63) is 12.2 Å². The summed E-state index contributed by atoms with van der Waals surface area (Å²) < 4.78 is 24.4. The van der Waals surface area contributed by atoms with E-state index in [0.717, 1.165) is 6.42 Å². The molecule has 0 aliphatic heterocycles. The summed E-state index contributed by atoms with van der Waals surface area (Å²) >= 11 is 0. The summed E-state index contributed by atoms with van der Waals surface area (Å²) in [6.07, 6.45) is 2.02. The van der Waals surface area contributed by atoms with E-state index in [9.17, 15) is 18.4 Å². The number of rotatable bonds is 5. The number of carbonyl (C=O) groups excluding carboxylic acids is 1. The van der Waals surface area contributed by atoms with E-state index in [0.29, 0.717) is 12.3 Å². The van der Waals surface area contributed by atoms with E-state index in [-0.39, 0.29) is 11.8 Å². The molecule has 2 bridgehead atoms. The average Bonchev–Trinajstić information content (AvgIpc) is 2.88. The van der Waals surface area contributed by atoms with Crippen LogP contribution in [0.2, 0.25) is 0 Å². The van der Waals surface area contributed by atoms with Gasteiger partial charge in [0.05, 0.1) is 0 Å². The Labute approximate surface area is 103 Å². The van der Waals surface area contributed by atoms with Crippen LogP contribution in [0.3, 0.4) is 0 Å². The molecule has 2 aliphatic carbocycles. The lowest BCUT2D eigenvalue weighted by molar-refractivity contribution is -0.143. The first-order valence-corrected chi connectivity index (χ1v) is 5.97. The molecule has 0 saturated heterocycles. The maximum absolute atomic E-state index is 12.2. The fourth-order valence-electron chi connectivity index (χ4n) is 2.76. The molecule has 18 heavy (non-hydrogen) atoms. The number of alkyl halides is 2. The lowest BCUT2D eigenvalue weighted by Gasteiger charge is -2.21. The monoisotopic (exact) mass is 259 g/mol. The molecule has 2 N–H and O–H groups in total. The predicted molar refractivity (Wildman–Crippen MR) is 59.0 cm³/mol. The maximum atomic E-state index is 12.2. The molecular formula is C12H15F2NO3. The third kappa shape index (κ3) is 2.68. The molecule has 2 rings (SSSR count). The lowest BCUT2D eigenvalue weighted by Crippen LogP contribution is -2.45. The van der Waals surface area contributed by atoms with Gasteiger partial charge in [0.1, 0.15) is 6.04 Å². The number of fused-ring (bicyclic) bond motifs is 2. The summed E-state index contributed by atoms with van der Waals surface area (Å²) in [5.74, 6) is -1.58. The van der Waals surface area contributed by atoms with Gasteiger partial charge in [-0.15, -0.1) is 0 Å². The second-order valence-corrected chi connectivity index (χ2v) is 4.91. The van der Waals surface area contributed by atoms with E-state index in [1.807, 2.05) is 6.08 Å². The Morgan fingerprint density at radius 2 is 2.06 bits per heavy atom. The smallest absolute Gasteiger partial charge is 0.326 e. The SMILES string of the molecule is O=C(O)C(CC(F)F)NC(=O)C1CC2C=CC1C2. The second-order valence-electron chi connectivity index (χ2n) is 4.91. The summed E-state index contributed by atoms with van der Waals surface area (Å²) in [5, 5.41) is 11.0. The molecule has 0 radical (unpaired) electrons. The summed E-state index contributed by atoms with van der Waals surface area (Å²) in [6, 6.07) is -1.50. The highest BCUT2D eigenvalue weighted by Gasteiger charge is 2.40. The van der Waals surface area contributed by atoms with Gasteiger partial charge >= 0.3 is 5.97 Å². The van der Waals surface area contributed by atoms with Crippen molar-refractivity contribution in [1.29, 1.82) is 0 Å². The first kappa shape index (κ1) is 13.0. The van der Waals surface area contributed by atoms with Crippen LogP contribution in [0.4, 0.5) is 8.78 Å². The Hall–Kier alpha value is -1.46. The summed E-state index contributed by atoms with van der Waals surface area (Å²) in [4.78, 5) is 22.7. The first-order chi connectivity index (χ1) is 8.47. The molecule has 6 heteroatoms. The van der Waals surface area contributed by atoms with Gasteiger partial charge in [-0.3, -0.25) is 4.79 Å². The zero-order chi connectivity index (χ0) is 13.3. The molecule has 0 heterocycles. The molecule has 4 atom stereocenters. The summed E-state index contributed by atoms with van der Waals surface area (Å²) in [7, 11) is 0. The van der Waals surface area contributed by atoms with E-state index in [1.54, 1.807) is 0 Å². The molecule has 1 saturated carbocycles. The average molecular weight is 259 g/mol. The summed E-state index contributed by atoms with van der Waals surface area (Å²) in [6.45, 7) is 0.